The van der Waals surface area contributed by atoms with Crippen molar-refractivity contribution in [3.63, 3.8) is 0 Å². The van der Waals surface area contributed by atoms with Crippen LogP contribution in [0.5, 0.6) is 0 Å². The summed E-state index contributed by atoms with van der Waals surface area (Å²) in [5.74, 6) is -12.2. The molecule has 32 heteroatoms. The molecule has 31 nitrogen and oxygen atoms in total. The Hall–Kier alpha value is -7.32. The minimum atomic E-state index is -1.67. The van der Waals surface area contributed by atoms with Crippen LogP contribution < -0.4 is 43.0 Å². The van der Waals surface area contributed by atoms with Crippen molar-refractivity contribution in [2.75, 3.05) is 65.9 Å². The van der Waals surface area contributed by atoms with E-state index in [1.54, 1.807) is 0 Å². The Kier molecular flexibility index (Phi) is 46.5. The molecule has 0 saturated carbocycles. The molecule has 0 aromatic rings. The zero-order valence-corrected chi connectivity index (χ0v) is 50.0. The maximum atomic E-state index is 12.7. The van der Waals surface area contributed by atoms with Crippen LogP contribution in [0.4, 0.5) is 0 Å². The molecule has 5 atom stereocenters. The van der Waals surface area contributed by atoms with Gasteiger partial charge in [-0.05, 0) is 44.9 Å². The summed E-state index contributed by atoms with van der Waals surface area (Å²) in [5.41, 5.74) is 4.75. The van der Waals surface area contributed by atoms with Gasteiger partial charge in [0.25, 0.3) is 0 Å². The van der Waals surface area contributed by atoms with Crippen molar-refractivity contribution in [2.24, 2.45) is 5.73 Å². The summed E-state index contributed by atoms with van der Waals surface area (Å²) >= 11 is 0. The van der Waals surface area contributed by atoms with Gasteiger partial charge in [0.15, 0.2) is 7.85 Å². The molecular formula is C55H93BN8O23. The number of ether oxygens (including phenoxy) is 4. The molecule has 0 heterocycles. The van der Waals surface area contributed by atoms with Gasteiger partial charge in [0, 0.05) is 58.0 Å². The van der Waals surface area contributed by atoms with Crippen molar-refractivity contribution >= 4 is 90.6 Å². The number of carboxylic acid groups (broad SMARTS) is 5. The van der Waals surface area contributed by atoms with Crippen LogP contribution in [0.1, 0.15) is 167 Å². The molecule has 8 amide bonds. The second kappa shape index (κ2) is 50.8. The second-order valence-electron chi connectivity index (χ2n) is 20.6. The van der Waals surface area contributed by atoms with E-state index < -0.39 is 139 Å². The number of nitrogens with two attached hydrogens (primary N) is 1. The third-order valence-corrected chi connectivity index (χ3v) is 13.1. The van der Waals surface area contributed by atoms with Gasteiger partial charge in [0.2, 0.25) is 47.3 Å². The van der Waals surface area contributed by atoms with Crippen molar-refractivity contribution in [2.45, 2.75) is 197 Å². The summed E-state index contributed by atoms with van der Waals surface area (Å²) in [4.78, 5) is 167. The first-order valence-electron chi connectivity index (χ1n) is 29.6. The fourth-order valence-electron chi connectivity index (χ4n) is 8.21. The molecule has 494 valence electrons. The Morgan fingerprint density at radius 2 is 0.609 bits per heavy atom. The molecule has 0 aromatic heterocycles. The Morgan fingerprint density at radius 1 is 0.322 bits per heavy atom. The van der Waals surface area contributed by atoms with Crippen LogP contribution in [0.3, 0.4) is 0 Å². The number of unbranched alkanes of at least 4 members (excludes halogenated alkanes) is 13. The number of hydrogen-bond donors (Lipinski definition) is 13. The summed E-state index contributed by atoms with van der Waals surface area (Å²) in [6.07, 6.45) is 10.5. The molecule has 0 aliphatic carbocycles. The van der Waals surface area contributed by atoms with Crippen molar-refractivity contribution in [1.29, 1.82) is 0 Å². The van der Waals surface area contributed by atoms with Gasteiger partial charge in [-0.1, -0.05) is 77.0 Å². The topological polar surface area (TPSA) is 487 Å². The highest BCUT2D eigenvalue weighted by atomic mass is 16.5. The van der Waals surface area contributed by atoms with Gasteiger partial charge in [0.05, 0.1) is 45.7 Å². The first-order valence-corrected chi connectivity index (χ1v) is 29.6. The van der Waals surface area contributed by atoms with Crippen LogP contribution in [0.15, 0.2) is 0 Å². The van der Waals surface area contributed by atoms with Gasteiger partial charge >= 0.3 is 29.8 Å². The van der Waals surface area contributed by atoms with Crippen LogP contribution in [0.25, 0.3) is 0 Å². The number of primary amides is 1. The molecule has 0 aromatic carbocycles. The number of carbonyl (C=O) groups excluding carboxylic acids is 9. The van der Waals surface area contributed by atoms with E-state index in [0.717, 1.165) is 83.5 Å². The Labute approximate surface area is 506 Å². The minimum Gasteiger partial charge on any atom is -0.481 e. The molecule has 0 saturated heterocycles. The number of nitrogens with one attached hydrogen (secondary N) is 7. The molecule has 0 bridgehead atoms. The first kappa shape index (κ1) is 79.7. The highest BCUT2D eigenvalue weighted by Gasteiger charge is 2.28. The lowest BCUT2D eigenvalue weighted by atomic mass is 9.92. The Balaban J connectivity index is 4.39. The third kappa shape index (κ3) is 47.5. The van der Waals surface area contributed by atoms with Gasteiger partial charge in [-0.25, -0.2) is 19.2 Å². The number of amides is 8. The SMILES string of the molecule is BC(=O)C(CCC(N)=O)NC(=O)COCCOCCNC(=O)COCCOCCNC(=O)CC[C@H](NC(=O)CCC(NC(=O)CC[C@H](NC(=O)CCC(NC(=O)CCCCCCCCCCCCCCCCC(=O)O)C(=O)O)C(=O)O)C(=O)O)C(=O)O. The molecule has 3 unspecified atom stereocenters. The lowest BCUT2D eigenvalue weighted by molar-refractivity contribution is -0.144. The van der Waals surface area contributed by atoms with Crippen molar-refractivity contribution in [1.82, 2.24) is 37.2 Å². The molecule has 0 fully saturated rings. The van der Waals surface area contributed by atoms with E-state index in [1.165, 1.54) is 7.85 Å². The van der Waals surface area contributed by atoms with E-state index in [2.05, 4.69) is 37.2 Å². The van der Waals surface area contributed by atoms with Crippen molar-refractivity contribution in [3.8, 4) is 0 Å². The number of rotatable bonds is 58. The van der Waals surface area contributed by atoms with E-state index in [-0.39, 0.29) is 117 Å². The highest BCUT2D eigenvalue weighted by Crippen LogP contribution is 2.14. The number of carboxylic acids is 5. The molecule has 0 aliphatic heterocycles. The molecule has 0 spiro atoms. The average Bonchev–Trinajstić information content (AvgIpc) is 3.58. The average molecular weight is 1250 g/mol. The molecule has 87 heavy (non-hydrogen) atoms. The third-order valence-electron chi connectivity index (χ3n) is 13.1. The van der Waals surface area contributed by atoms with Gasteiger partial charge in [-0.3, -0.25) is 43.2 Å². The quantitative estimate of drug-likeness (QED) is 0.0254. The lowest BCUT2D eigenvalue weighted by Gasteiger charge is -2.18. The molecule has 14 N–H and O–H groups in total. The summed E-state index contributed by atoms with van der Waals surface area (Å²) in [7, 11) is 1.28. The van der Waals surface area contributed by atoms with Gasteiger partial charge in [-0.15, -0.1) is 0 Å². The maximum absolute atomic E-state index is 12.7. The number of hydrogen-bond acceptors (Lipinski definition) is 18. The monoisotopic (exact) mass is 1240 g/mol. The Morgan fingerprint density at radius 3 is 0.954 bits per heavy atom. The predicted octanol–water partition coefficient (Wildman–Crippen LogP) is -1.08. The molecule has 0 rings (SSSR count). The van der Waals surface area contributed by atoms with Crippen LogP contribution in [0, 0.1) is 0 Å². The second-order valence-corrected chi connectivity index (χ2v) is 20.6. The van der Waals surface area contributed by atoms with E-state index in [1.807, 2.05) is 0 Å². The molecular weight excluding hydrogens is 1150 g/mol. The maximum Gasteiger partial charge on any atom is 0.326 e. The Bertz CT molecular complexity index is 2160. The van der Waals surface area contributed by atoms with Crippen molar-refractivity contribution < 1.29 is 112 Å². The lowest BCUT2D eigenvalue weighted by Crippen LogP contribution is -2.45. The number of carbonyl (C=O) groups is 14. The van der Waals surface area contributed by atoms with Gasteiger partial charge < -0.3 is 92.2 Å². The first-order chi connectivity index (χ1) is 41.4. The van der Waals surface area contributed by atoms with Crippen molar-refractivity contribution in [3.05, 3.63) is 0 Å². The molecule has 0 aliphatic rings. The zero-order valence-electron chi connectivity index (χ0n) is 50.0. The summed E-state index contributed by atoms with van der Waals surface area (Å²) < 4.78 is 21.1. The van der Waals surface area contributed by atoms with Gasteiger partial charge in [-0.2, -0.15) is 0 Å². The fraction of sp³-hybridized carbons (Fsp3) is 0.745. The van der Waals surface area contributed by atoms with Crippen LogP contribution in [-0.4, -0.2) is 212 Å². The summed E-state index contributed by atoms with van der Waals surface area (Å²) in [6.45, 7) is 0.0235. The summed E-state index contributed by atoms with van der Waals surface area (Å²) in [6, 6.07) is -7.14. The van der Waals surface area contributed by atoms with Crippen LogP contribution in [0.2, 0.25) is 0 Å². The largest absolute Gasteiger partial charge is 0.481 e. The number of aliphatic carboxylic acids is 5. The zero-order chi connectivity index (χ0) is 65.2. The fourth-order valence-corrected chi connectivity index (χ4v) is 8.21. The summed E-state index contributed by atoms with van der Waals surface area (Å²) in [5, 5.41) is 63.8. The predicted molar refractivity (Wildman–Crippen MR) is 310 cm³/mol. The van der Waals surface area contributed by atoms with Gasteiger partial charge in [0.1, 0.15) is 43.1 Å². The smallest absolute Gasteiger partial charge is 0.326 e. The van der Waals surface area contributed by atoms with E-state index in [0.29, 0.717) is 6.42 Å². The standard InChI is InChI=1S/C55H93BN8O23/c56-51(75)37(17-22-42(57)65)60-49(72)36-87-34-32-85-30-28-59-48(71)35-86-33-31-84-29-27-58-43(66)23-18-38(52(76)77)62-45(68)25-20-40(54(80)81)64-47(70)26-21-41(55(82)83)63-46(69)24-19-39(53(78)79)61-44(67)15-13-11-9-7-5-3-1-2-4-6-8-10-12-14-16-50(73)74/h37-41H,1-36,56H2,(H2,57,65)(H,58,66)(H,59,71)(H,60,72)(H,61,67)(H,62,68)(H,63,69)(H,64,70)(H,73,74)(H,76,77)(H,78,79)(H,80,81)(H,82,83)/t37?,38-,39?,40?,41-/m0/s1. The van der Waals surface area contributed by atoms with Crippen LogP contribution >= 0.6 is 0 Å². The highest BCUT2D eigenvalue weighted by molar-refractivity contribution is 6.59. The normalized spacial score (nSPS) is 12.6. The molecule has 0 radical (unpaired) electrons. The van der Waals surface area contributed by atoms with Crippen LogP contribution in [-0.2, 0) is 86.1 Å². The minimum absolute atomic E-state index is 0.0269. The van der Waals surface area contributed by atoms with E-state index >= 15 is 0 Å². The van der Waals surface area contributed by atoms with E-state index in [4.69, 9.17) is 29.8 Å². The van der Waals surface area contributed by atoms with E-state index in [9.17, 15) is 87.5 Å².